The third-order valence-electron chi connectivity index (χ3n) is 2.82. The average molecular weight is 419 g/mol. The third kappa shape index (κ3) is 6.57. The van der Waals surface area contributed by atoms with Crippen molar-refractivity contribution in [3.8, 4) is 0 Å². The number of para-hydroxylation sites is 1. The van der Waals surface area contributed by atoms with Crippen LogP contribution in [0.3, 0.4) is 0 Å². The molecule has 0 N–H and O–H groups in total. The van der Waals surface area contributed by atoms with Crippen molar-refractivity contribution in [3.63, 3.8) is 0 Å². The summed E-state index contributed by atoms with van der Waals surface area (Å²) in [5.74, 6) is 0. The average Bonchev–Trinajstić information content (AvgIpc) is 2.42. The molecule has 1 fully saturated rings. The molecule has 1 saturated heterocycles. The fourth-order valence-corrected chi connectivity index (χ4v) is 1.95. The van der Waals surface area contributed by atoms with Crippen LogP contribution in [0.15, 0.2) is 29.3 Å². The molecule has 1 aliphatic rings. The predicted molar refractivity (Wildman–Crippen MR) is 78.3 cm³/mol. The molecule has 0 aromatic heterocycles. The van der Waals surface area contributed by atoms with E-state index in [1.165, 1.54) is 11.3 Å². The van der Waals surface area contributed by atoms with Crippen LogP contribution >= 0.6 is 0 Å². The maximum Gasteiger partial charge on any atom is 0.0659 e. The quantitative estimate of drug-likeness (QED) is 0.637. The topological polar surface area (TPSA) is 21.6 Å². The van der Waals surface area contributed by atoms with Crippen molar-refractivity contribution in [2.75, 3.05) is 0 Å². The minimum atomic E-state index is 0. The van der Waals surface area contributed by atoms with Crippen LogP contribution in [0, 0.1) is 53.5 Å². The summed E-state index contributed by atoms with van der Waals surface area (Å²) in [5.41, 5.74) is 3.65. The van der Waals surface area contributed by atoms with Crippen LogP contribution < -0.4 is 0 Å². The molecule has 1 heterocycles. The molecule has 2 nitrogen and oxygen atoms in total. The molecule has 0 bridgehead atoms. The number of rotatable bonds is 2. The standard InChI is InChI=1S/C14H18NO.C2H6.Yb/c1-3-12-6-4-5-7-14(12)15-13-8-9-16-11(2)10-13;1-2;/h4-7,9,11H,3,8,10H2,1-2H3;1-2H3;/q-1;;. The Morgan fingerprint density at radius 3 is 2.63 bits per heavy atom. The van der Waals surface area contributed by atoms with Gasteiger partial charge in [-0.3, -0.25) is 4.99 Å². The van der Waals surface area contributed by atoms with Crippen LogP contribution in [0.2, 0.25) is 0 Å². The van der Waals surface area contributed by atoms with Gasteiger partial charge in [-0.2, -0.15) is 0 Å². The van der Waals surface area contributed by atoms with E-state index in [4.69, 9.17) is 9.73 Å². The molecule has 0 aliphatic carbocycles. The van der Waals surface area contributed by atoms with Gasteiger partial charge in [0.2, 0.25) is 0 Å². The SMILES string of the molecule is CC.CCc1ccccc1N=C1C[CH-]OC(C)C1.[Yb]. The maximum atomic E-state index is 5.40. The zero-order valence-electron chi connectivity index (χ0n) is 12.2. The Morgan fingerprint density at radius 1 is 1.32 bits per heavy atom. The van der Waals surface area contributed by atoms with E-state index < -0.39 is 0 Å². The molecule has 1 atom stereocenters. The van der Waals surface area contributed by atoms with Crippen LogP contribution in [0.4, 0.5) is 5.69 Å². The van der Waals surface area contributed by atoms with Crippen LogP contribution in [-0.4, -0.2) is 11.8 Å². The molecule has 1 aliphatic heterocycles. The van der Waals surface area contributed by atoms with E-state index in [9.17, 15) is 0 Å². The van der Waals surface area contributed by atoms with Crippen molar-refractivity contribution in [2.45, 2.75) is 53.1 Å². The molecule has 114 valence electrons. The maximum absolute atomic E-state index is 5.40. The fourth-order valence-electron chi connectivity index (χ4n) is 1.95. The molecule has 1 unspecified atom stereocenters. The van der Waals surface area contributed by atoms with Crippen LogP contribution in [-0.2, 0) is 11.2 Å². The summed E-state index contributed by atoms with van der Waals surface area (Å²) in [6, 6.07) is 8.35. The Balaban J connectivity index is 0.00000103. The molecule has 1 aromatic rings. The van der Waals surface area contributed by atoms with Crippen molar-refractivity contribution < 1.29 is 51.7 Å². The molecule has 0 saturated carbocycles. The molecule has 3 heteroatoms. The summed E-state index contributed by atoms with van der Waals surface area (Å²) in [4.78, 5) is 4.74. The van der Waals surface area contributed by atoms with Gasteiger partial charge in [0, 0.05) is 59.4 Å². The fraction of sp³-hybridized carbons (Fsp3) is 0.500. The summed E-state index contributed by atoms with van der Waals surface area (Å²) in [6.07, 6.45) is 3.08. The van der Waals surface area contributed by atoms with Gasteiger partial charge in [-0.25, -0.2) is 6.61 Å². The molecule has 0 amide bonds. The second-order valence-electron chi connectivity index (χ2n) is 4.18. The van der Waals surface area contributed by atoms with E-state index in [0.29, 0.717) is 0 Å². The Hall–Kier alpha value is 0.369. The van der Waals surface area contributed by atoms with E-state index in [1.807, 2.05) is 26.5 Å². The van der Waals surface area contributed by atoms with Crippen molar-refractivity contribution in [1.29, 1.82) is 0 Å². The Bertz CT molecular complexity index is 390. The van der Waals surface area contributed by atoms with Crippen molar-refractivity contribution in [1.82, 2.24) is 0 Å². The minimum absolute atomic E-state index is 0. The van der Waals surface area contributed by atoms with Crippen molar-refractivity contribution in [3.05, 3.63) is 36.4 Å². The number of nitrogens with zero attached hydrogens (tertiary/aromatic N) is 1. The Labute approximate surface area is 156 Å². The van der Waals surface area contributed by atoms with Gasteiger partial charge in [0.25, 0.3) is 0 Å². The summed E-state index contributed by atoms with van der Waals surface area (Å²) in [5, 5.41) is 0. The molecule has 1 aromatic carbocycles. The second-order valence-corrected chi connectivity index (χ2v) is 4.18. The molecular weight excluding hydrogens is 395 g/mol. The Kier molecular flexibility index (Phi) is 11.3. The first-order valence-corrected chi connectivity index (χ1v) is 6.91. The minimum Gasteiger partial charge on any atom is -0.549 e. The number of ether oxygens (including phenoxy) is 1. The molecule has 19 heavy (non-hydrogen) atoms. The van der Waals surface area contributed by atoms with E-state index in [1.54, 1.807) is 0 Å². The smallest absolute Gasteiger partial charge is 0.0659 e. The van der Waals surface area contributed by atoms with Gasteiger partial charge >= 0.3 is 0 Å². The van der Waals surface area contributed by atoms with Gasteiger partial charge in [-0.05, 0) is 30.7 Å². The van der Waals surface area contributed by atoms with E-state index in [-0.39, 0.29) is 53.0 Å². The number of hydrogen-bond donors (Lipinski definition) is 0. The first-order valence-electron chi connectivity index (χ1n) is 6.91. The molecule has 2 rings (SSSR count). The van der Waals surface area contributed by atoms with Crippen molar-refractivity contribution in [2.24, 2.45) is 4.99 Å². The van der Waals surface area contributed by atoms with Gasteiger partial charge in [-0.15, -0.1) is 6.42 Å². The summed E-state index contributed by atoms with van der Waals surface area (Å²) in [6.45, 7) is 10.1. The van der Waals surface area contributed by atoms with E-state index in [0.717, 1.165) is 24.9 Å². The summed E-state index contributed by atoms with van der Waals surface area (Å²) in [7, 11) is 0. The van der Waals surface area contributed by atoms with Gasteiger partial charge < -0.3 is 4.74 Å². The normalized spacial score (nSPS) is 20.2. The number of benzene rings is 1. The van der Waals surface area contributed by atoms with E-state index >= 15 is 0 Å². The van der Waals surface area contributed by atoms with Gasteiger partial charge in [0.1, 0.15) is 0 Å². The molecule has 0 spiro atoms. The van der Waals surface area contributed by atoms with E-state index in [2.05, 4.69) is 32.0 Å². The van der Waals surface area contributed by atoms with Gasteiger partial charge in [0.15, 0.2) is 0 Å². The summed E-state index contributed by atoms with van der Waals surface area (Å²) < 4.78 is 5.40. The van der Waals surface area contributed by atoms with Gasteiger partial charge in [-0.1, -0.05) is 39.0 Å². The summed E-state index contributed by atoms with van der Waals surface area (Å²) >= 11 is 0. The zero-order valence-corrected chi connectivity index (χ0v) is 13.9. The monoisotopic (exact) mass is 420 g/mol. The predicted octanol–water partition coefficient (Wildman–Crippen LogP) is 4.71. The number of aryl methyl sites for hydroxylation is 1. The van der Waals surface area contributed by atoms with Crippen LogP contribution in [0.1, 0.15) is 46.1 Å². The first-order chi connectivity index (χ1) is 8.79. The van der Waals surface area contributed by atoms with Gasteiger partial charge in [0.05, 0.1) is 5.69 Å². The second kappa shape index (κ2) is 11.1. The molecule has 0 radical (unpaired) electrons. The largest absolute Gasteiger partial charge is 0.549 e. The Morgan fingerprint density at radius 2 is 2.00 bits per heavy atom. The number of aliphatic imine (C=N–C) groups is 1. The van der Waals surface area contributed by atoms with Crippen LogP contribution in [0.25, 0.3) is 0 Å². The third-order valence-corrected chi connectivity index (χ3v) is 2.82. The zero-order chi connectivity index (χ0) is 13.4. The molecular formula is C16H24NOYb-. The van der Waals surface area contributed by atoms with Crippen LogP contribution in [0.5, 0.6) is 0 Å². The number of hydrogen-bond acceptors (Lipinski definition) is 2. The van der Waals surface area contributed by atoms with Crippen molar-refractivity contribution >= 4 is 11.4 Å². The first kappa shape index (κ1) is 19.4.